The lowest BCUT2D eigenvalue weighted by molar-refractivity contribution is -0.133. The number of nitrogens with zero attached hydrogens (tertiary/aromatic N) is 2. The summed E-state index contributed by atoms with van der Waals surface area (Å²) in [5.41, 5.74) is 3.39. The Kier molecular flexibility index (Phi) is 6.37. The van der Waals surface area contributed by atoms with Gasteiger partial charge in [0.15, 0.2) is 0 Å². The number of hydrogen-bond donors (Lipinski definition) is 0. The third-order valence-corrected chi connectivity index (χ3v) is 4.80. The Morgan fingerprint density at radius 1 is 0.889 bits per heavy atom. The summed E-state index contributed by atoms with van der Waals surface area (Å²) in [6, 6.07) is 24.6. The molecule has 0 aliphatic carbocycles. The Morgan fingerprint density at radius 3 is 1.96 bits per heavy atom. The van der Waals surface area contributed by atoms with Gasteiger partial charge in [0, 0.05) is 37.3 Å². The average molecular weight is 358 g/mol. The smallest absolute Gasteiger partial charge is 0.224 e. The average Bonchev–Trinajstić information content (AvgIpc) is 2.72. The van der Waals surface area contributed by atoms with Gasteiger partial charge >= 0.3 is 0 Å². The Morgan fingerprint density at radius 2 is 1.48 bits per heavy atom. The van der Waals surface area contributed by atoms with Crippen LogP contribution in [-0.4, -0.2) is 21.8 Å². The highest BCUT2D eigenvalue weighted by Gasteiger charge is 2.23. The van der Waals surface area contributed by atoms with Gasteiger partial charge in [0.2, 0.25) is 5.91 Å². The van der Waals surface area contributed by atoms with E-state index < -0.39 is 0 Å². The van der Waals surface area contributed by atoms with E-state index in [1.807, 2.05) is 59.6 Å². The van der Waals surface area contributed by atoms with Gasteiger partial charge in [-0.05, 0) is 36.6 Å². The molecule has 0 saturated heterocycles. The van der Waals surface area contributed by atoms with Gasteiger partial charge in [0.05, 0.1) is 0 Å². The van der Waals surface area contributed by atoms with Crippen LogP contribution in [0, 0.1) is 0 Å². The molecule has 0 aliphatic heterocycles. The molecule has 2 aromatic carbocycles. The van der Waals surface area contributed by atoms with E-state index in [-0.39, 0.29) is 17.9 Å². The number of amides is 1. The molecule has 0 N–H and O–H groups in total. The zero-order valence-electron chi connectivity index (χ0n) is 16.0. The minimum absolute atomic E-state index is 0.0510. The molecule has 1 heterocycles. The molecule has 3 nitrogen and oxygen atoms in total. The van der Waals surface area contributed by atoms with Crippen molar-refractivity contribution in [3.63, 3.8) is 0 Å². The molecular formula is C24H26N2O. The van der Waals surface area contributed by atoms with Crippen molar-refractivity contribution in [2.75, 3.05) is 0 Å². The fourth-order valence-corrected chi connectivity index (χ4v) is 3.34. The van der Waals surface area contributed by atoms with Crippen molar-refractivity contribution in [1.29, 1.82) is 0 Å². The molecule has 1 aromatic heterocycles. The minimum atomic E-state index is 0.0510. The molecule has 27 heavy (non-hydrogen) atoms. The molecule has 0 aliphatic rings. The van der Waals surface area contributed by atoms with Crippen molar-refractivity contribution in [3.05, 3.63) is 102 Å². The van der Waals surface area contributed by atoms with Crippen molar-refractivity contribution in [2.45, 2.75) is 38.8 Å². The van der Waals surface area contributed by atoms with E-state index in [2.05, 4.69) is 43.1 Å². The van der Waals surface area contributed by atoms with E-state index in [0.717, 1.165) is 5.56 Å². The van der Waals surface area contributed by atoms with Crippen molar-refractivity contribution in [3.8, 4) is 0 Å². The van der Waals surface area contributed by atoms with Gasteiger partial charge in [-0.3, -0.25) is 9.78 Å². The monoisotopic (exact) mass is 358 g/mol. The molecule has 3 aromatic rings. The molecule has 0 fully saturated rings. The number of benzene rings is 2. The van der Waals surface area contributed by atoms with Crippen LogP contribution in [0.25, 0.3) is 0 Å². The summed E-state index contributed by atoms with van der Waals surface area (Å²) in [5.74, 6) is 0.210. The molecule has 0 spiro atoms. The number of rotatable bonds is 7. The van der Waals surface area contributed by atoms with Crippen molar-refractivity contribution < 1.29 is 4.79 Å². The van der Waals surface area contributed by atoms with Gasteiger partial charge in [0.1, 0.15) is 0 Å². The molecule has 0 radical (unpaired) electrons. The predicted octanol–water partition coefficient (Wildman–Crippen LogP) is 5.04. The summed E-state index contributed by atoms with van der Waals surface area (Å²) in [7, 11) is 0. The largest absolute Gasteiger partial charge is 0.336 e. The second-order valence-corrected chi connectivity index (χ2v) is 7.05. The molecule has 138 valence electrons. The molecule has 0 saturated carbocycles. The Labute approximate surface area is 161 Å². The molecule has 3 heteroatoms. The second-order valence-electron chi connectivity index (χ2n) is 7.05. The number of pyridine rings is 1. The van der Waals surface area contributed by atoms with Crippen LogP contribution >= 0.6 is 0 Å². The topological polar surface area (TPSA) is 33.2 Å². The van der Waals surface area contributed by atoms with Crippen LogP contribution in [-0.2, 0) is 11.3 Å². The number of carbonyl (C=O) groups is 1. The van der Waals surface area contributed by atoms with Crippen LogP contribution in [0.15, 0.2) is 85.2 Å². The molecule has 3 rings (SSSR count). The molecule has 1 amide bonds. The Hall–Kier alpha value is -2.94. The SMILES string of the molecule is CC(C)N(Cc1cccnc1)C(=O)CC(c1ccccc1)c1ccccc1. The fourth-order valence-electron chi connectivity index (χ4n) is 3.34. The highest BCUT2D eigenvalue weighted by molar-refractivity contribution is 5.78. The first kappa shape index (κ1) is 18.8. The van der Waals surface area contributed by atoms with Gasteiger partial charge in [-0.2, -0.15) is 0 Å². The van der Waals surface area contributed by atoms with E-state index in [9.17, 15) is 4.79 Å². The summed E-state index contributed by atoms with van der Waals surface area (Å²) in [6.45, 7) is 4.71. The van der Waals surface area contributed by atoms with Crippen LogP contribution in [0.2, 0.25) is 0 Å². The number of hydrogen-bond acceptors (Lipinski definition) is 2. The van der Waals surface area contributed by atoms with Gasteiger partial charge in [-0.25, -0.2) is 0 Å². The number of aromatic nitrogens is 1. The first-order chi connectivity index (χ1) is 13.1. The third-order valence-electron chi connectivity index (χ3n) is 4.80. The Balaban J connectivity index is 1.84. The van der Waals surface area contributed by atoms with E-state index in [4.69, 9.17) is 0 Å². The van der Waals surface area contributed by atoms with Gasteiger partial charge in [-0.1, -0.05) is 66.7 Å². The molecule has 0 atom stereocenters. The first-order valence-electron chi connectivity index (χ1n) is 9.43. The van der Waals surface area contributed by atoms with Crippen LogP contribution in [0.1, 0.15) is 42.9 Å². The maximum absolute atomic E-state index is 13.3. The van der Waals surface area contributed by atoms with Crippen LogP contribution < -0.4 is 0 Å². The van der Waals surface area contributed by atoms with Gasteiger partial charge in [0.25, 0.3) is 0 Å². The quantitative estimate of drug-likeness (QED) is 0.593. The molecule has 0 bridgehead atoms. The minimum Gasteiger partial charge on any atom is -0.336 e. The van der Waals surface area contributed by atoms with Crippen molar-refractivity contribution in [2.24, 2.45) is 0 Å². The highest BCUT2D eigenvalue weighted by Crippen LogP contribution is 2.29. The summed E-state index contributed by atoms with van der Waals surface area (Å²) in [5, 5.41) is 0. The molecule has 0 unspecified atom stereocenters. The third kappa shape index (κ3) is 5.04. The summed E-state index contributed by atoms with van der Waals surface area (Å²) in [4.78, 5) is 19.4. The van der Waals surface area contributed by atoms with E-state index in [0.29, 0.717) is 13.0 Å². The van der Waals surface area contributed by atoms with Crippen LogP contribution in [0.3, 0.4) is 0 Å². The van der Waals surface area contributed by atoms with Gasteiger partial charge < -0.3 is 4.90 Å². The molecular weight excluding hydrogens is 332 g/mol. The van der Waals surface area contributed by atoms with Crippen molar-refractivity contribution in [1.82, 2.24) is 9.88 Å². The first-order valence-corrected chi connectivity index (χ1v) is 9.43. The zero-order valence-corrected chi connectivity index (χ0v) is 16.0. The van der Waals surface area contributed by atoms with E-state index in [1.165, 1.54) is 11.1 Å². The summed E-state index contributed by atoms with van der Waals surface area (Å²) < 4.78 is 0. The lowest BCUT2D eigenvalue weighted by Crippen LogP contribution is -2.37. The fraction of sp³-hybridized carbons (Fsp3) is 0.250. The standard InChI is InChI=1S/C24H26N2O/c1-19(2)26(18-20-10-9-15-25-17-20)24(27)16-23(21-11-5-3-6-12-21)22-13-7-4-8-14-22/h3-15,17,19,23H,16,18H2,1-2H3. The van der Waals surface area contributed by atoms with Crippen LogP contribution in [0.4, 0.5) is 0 Å². The van der Waals surface area contributed by atoms with E-state index in [1.54, 1.807) is 6.20 Å². The van der Waals surface area contributed by atoms with Gasteiger partial charge in [-0.15, -0.1) is 0 Å². The van der Waals surface area contributed by atoms with Crippen molar-refractivity contribution >= 4 is 5.91 Å². The van der Waals surface area contributed by atoms with Crippen LogP contribution in [0.5, 0.6) is 0 Å². The zero-order chi connectivity index (χ0) is 19.1. The number of carbonyl (C=O) groups excluding carboxylic acids is 1. The second kappa shape index (κ2) is 9.13. The predicted molar refractivity (Wildman–Crippen MR) is 109 cm³/mol. The highest BCUT2D eigenvalue weighted by atomic mass is 16.2. The van der Waals surface area contributed by atoms with E-state index >= 15 is 0 Å². The summed E-state index contributed by atoms with van der Waals surface area (Å²) in [6.07, 6.45) is 4.03. The lowest BCUT2D eigenvalue weighted by Gasteiger charge is -2.29. The Bertz CT molecular complexity index is 793. The maximum atomic E-state index is 13.3. The normalized spacial score (nSPS) is 11.0. The maximum Gasteiger partial charge on any atom is 0.224 e. The lowest BCUT2D eigenvalue weighted by atomic mass is 9.88. The summed E-state index contributed by atoms with van der Waals surface area (Å²) >= 11 is 0.